The average molecular weight is 575 g/mol. The lowest BCUT2D eigenvalue weighted by Gasteiger charge is -2.12. The molecular weight excluding hydrogens is 557 g/mol. The van der Waals surface area contributed by atoms with E-state index in [0.717, 1.165) is 10.9 Å². The van der Waals surface area contributed by atoms with Crippen LogP contribution in [0.2, 0.25) is 15.1 Å². The molecule has 39 heavy (non-hydrogen) atoms. The van der Waals surface area contributed by atoms with E-state index in [0.29, 0.717) is 38.6 Å². The highest BCUT2D eigenvalue weighted by molar-refractivity contribution is 6.37. The molecule has 0 aliphatic rings. The molecule has 0 amide bonds. The first-order valence-electron chi connectivity index (χ1n) is 11.9. The van der Waals surface area contributed by atoms with E-state index in [4.69, 9.17) is 48.9 Å². The molecule has 192 valence electrons. The van der Waals surface area contributed by atoms with Gasteiger partial charge in [0.15, 0.2) is 11.5 Å². The number of rotatable bonds is 6. The number of fused-ring (bicyclic) bond motifs is 2. The van der Waals surface area contributed by atoms with Gasteiger partial charge in [0, 0.05) is 16.0 Å². The Hall–Kier alpha value is -4.10. The highest BCUT2D eigenvalue weighted by Gasteiger charge is 2.17. The molecule has 6 rings (SSSR count). The number of hydrogen-bond donors (Lipinski definition) is 0. The Bertz CT molecular complexity index is 1890. The Morgan fingerprint density at radius 1 is 0.872 bits per heavy atom. The Morgan fingerprint density at radius 3 is 2.38 bits per heavy atom. The molecule has 0 unspecified atom stereocenters. The first kappa shape index (κ1) is 25.2. The fourth-order valence-corrected chi connectivity index (χ4v) is 4.97. The van der Waals surface area contributed by atoms with E-state index in [1.165, 1.54) is 10.9 Å². The molecule has 0 fully saturated rings. The Morgan fingerprint density at radius 2 is 1.59 bits per heavy atom. The van der Waals surface area contributed by atoms with E-state index in [-0.39, 0.29) is 28.0 Å². The minimum absolute atomic E-state index is 0.200. The molecule has 2 aromatic heterocycles. The van der Waals surface area contributed by atoms with Crippen molar-refractivity contribution in [1.29, 1.82) is 0 Å². The number of nitrogens with zero attached hydrogens (tertiary/aromatic N) is 3. The summed E-state index contributed by atoms with van der Waals surface area (Å²) in [4.78, 5) is 18.2. The summed E-state index contributed by atoms with van der Waals surface area (Å²) in [6, 6.07) is 27.1. The molecule has 0 radical (unpaired) electrons. The third-order valence-corrected chi connectivity index (χ3v) is 7.00. The highest BCUT2D eigenvalue weighted by Crippen LogP contribution is 2.35. The molecule has 0 saturated carbocycles. The van der Waals surface area contributed by atoms with Crippen LogP contribution in [-0.2, 0) is 6.61 Å². The van der Waals surface area contributed by atoms with E-state index in [9.17, 15) is 4.79 Å². The molecule has 0 saturated heterocycles. The Kier molecular flexibility index (Phi) is 6.83. The fraction of sp³-hybridized carbons (Fsp3) is 0.0333. The lowest BCUT2D eigenvalue weighted by molar-refractivity contribution is 0.306. The summed E-state index contributed by atoms with van der Waals surface area (Å²) in [5.74, 6) is 1.00. The number of aromatic nitrogens is 2. The topological polar surface area (TPSA) is 69.6 Å². The maximum Gasteiger partial charge on any atom is 0.282 e. The molecule has 0 N–H and O–H groups in total. The van der Waals surface area contributed by atoms with Gasteiger partial charge in [-0.15, -0.1) is 0 Å². The van der Waals surface area contributed by atoms with Crippen LogP contribution < -0.4 is 10.3 Å². The first-order chi connectivity index (χ1) is 19.0. The standard InChI is InChI=1S/C30H18Cl3N3O3/c31-22-10-4-1-8-20(22)17-38-28-23(32)13-18(14-24(28)33)16-34-36-29(27-15-19-7-2-6-12-26(19)39-27)35-25-11-5-3-9-21(25)30(36)37/h1-16H,17H2. The monoisotopic (exact) mass is 573 g/mol. The maximum absolute atomic E-state index is 13.5. The van der Waals surface area contributed by atoms with E-state index >= 15 is 0 Å². The van der Waals surface area contributed by atoms with Gasteiger partial charge in [0.05, 0.1) is 27.2 Å². The molecule has 0 aliphatic carbocycles. The van der Waals surface area contributed by atoms with Crippen LogP contribution >= 0.6 is 34.8 Å². The van der Waals surface area contributed by atoms with Gasteiger partial charge in [-0.05, 0) is 48.0 Å². The van der Waals surface area contributed by atoms with Gasteiger partial charge in [-0.25, -0.2) is 4.98 Å². The van der Waals surface area contributed by atoms with Crippen LogP contribution in [0.25, 0.3) is 33.5 Å². The summed E-state index contributed by atoms with van der Waals surface area (Å²) >= 11 is 19.2. The lowest BCUT2D eigenvalue weighted by atomic mass is 10.2. The normalized spacial score (nSPS) is 11.6. The number of hydrogen-bond acceptors (Lipinski definition) is 5. The Balaban J connectivity index is 1.38. The quantitative estimate of drug-likeness (QED) is 0.188. The van der Waals surface area contributed by atoms with E-state index in [1.54, 1.807) is 36.4 Å². The zero-order chi connectivity index (χ0) is 26.9. The summed E-state index contributed by atoms with van der Waals surface area (Å²) in [5, 5.41) is 6.95. The fourth-order valence-electron chi connectivity index (χ4n) is 4.16. The number of benzene rings is 4. The van der Waals surface area contributed by atoms with E-state index < -0.39 is 0 Å². The van der Waals surface area contributed by atoms with Gasteiger partial charge in [0.2, 0.25) is 5.82 Å². The van der Waals surface area contributed by atoms with Gasteiger partial charge in [-0.1, -0.05) is 83.3 Å². The molecular formula is C30H18Cl3N3O3. The maximum atomic E-state index is 13.5. The molecule has 6 nitrogen and oxygen atoms in total. The lowest BCUT2D eigenvalue weighted by Crippen LogP contribution is -2.20. The van der Waals surface area contributed by atoms with Crippen LogP contribution in [-0.4, -0.2) is 15.9 Å². The number of para-hydroxylation sites is 2. The zero-order valence-corrected chi connectivity index (χ0v) is 22.4. The molecule has 2 heterocycles. The predicted octanol–water partition coefficient (Wildman–Crippen LogP) is 8.23. The van der Waals surface area contributed by atoms with Crippen molar-refractivity contribution < 1.29 is 9.15 Å². The number of furan rings is 1. The van der Waals surface area contributed by atoms with Crippen molar-refractivity contribution in [2.45, 2.75) is 6.61 Å². The van der Waals surface area contributed by atoms with Crippen LogP contribution in [0.5, 0.6) is 5.75 Å². The summed E-state index contributed by atoms with van der Waals surface area (Å²) < 4.78 is 13.1. The van der Waals surface area contributed by atoms with Crippen molar-refractivity contribution >= 4 is 62.9 Å². The summed E-state index contributed by atoms with van der Waals surface area (Å²) in [6.07, 6.45) is 1.49. The molecule has 0 spiro atoms. The Labute approximate surface area is 237 Å². The van der Waals surface area contributed by atoms with Crippen molar-refractivity contribution in [3.8, 4) is 17.3 Å². The van der Waals surface area contributed by atoms with Gasteiger partial charge in [0.1, 0.15) is 12.2 Å². The first-order valence-corrected chi connectivity index (χ1v) is 13.0. The van der Waals surface area contributed by atoms with Crippen LogP contribution in [0.15, 0.2) is 105 Å². The summed E-state index contributed by atoms with van der Waals surface area (Å²) in [7, 11) is 0. The van der Waals surface area contributed by atoms with Gasteiger partial charge < -0.3 is 9.15 Å². The minimum atomic E-state index is -0.343. The van der Waals surface area contributed by atoms with Crippen molar-refractivity contribution in [1.82, 2.24) is 9.66 Å². The van der Waals surface area contributed by atoms with Crippen LogP contribution in [0, 0.1) is 0 Å². The molecule has 0 atom stereocenters. The molecule has 9 heteroatoms. The van der Waals surface area contributed by atoms with Gasteiger partial charge in [-0.2, -0.15) is 9.78 Å². The summed E-state index contributed by atoms with van der Waals surface area (Å²) in [5.41, 5.74) is 2.24. The second-order valence-electron chi connectivity index (χ2n) is 8.66. The highest BCUT2D eigenvalue weighted by atomic mass is 35.5. The third-order valence-electron chi connectivity index (χ3n) is 6.07. The van der Waals surface area contributed by atoms with Crippen molar-refractivity contribution in [2.75, 3.05) is 0 Å². The second kappa shape index (κ2) is 10.6. The van der Waals surface area contributed by atoms with Crippen LogP contribution in [0.3, 0.4) is 0 Å². The van der Waals surface area contributed by atoms with Gasteiger partial charge in [0.25, 0.3) is 5.56 Å². The molecule has 6 aromatic rings. The zero-order valence-electron chi connectivity index (χ0n) is 20.1. The van der Waals surface area contributed by atoms with E-state index in [2.05, 4.69) is 5.10 Å². The van der Waals surface area contributed by atoms with Crippen molar-refractivity contribution in [3.05, 3.63) is 128 Å². The van der Waals surface area contributed by atoms with Gasteiger partial charge in [-0.3, -0.25) is 4.79 Å². The largest absolute Gasteiger partial charge is 0.486 e. The van der Waals surface area contributed by atoms with Crippen LogP contribution in [0.4, 0.5) is 0 Å². The molecule has 0 aliphatic heterocycles. The smallest absolute Gasteiger partial charge is 0.282 e. The van der Waals surface area contributed by atoms with Crippen LogP contribution in [0.1, 0.15) is 11.1 Å². The third kappa shape index (κ3) is 5.02. The van der Waals surface area contributed by atoms with Crippen molar-refractivity contribution in [2.24, 2.45) is 5.10 Å². The molecule has 0 bridgehead atoms. The predicted molar refractivity (Wildman–Crippen MR) is 156 cm³/mol. The average Bonchev–Trinajstić information content (AvgIpc) is 3.37. The number of halogens is 3. The SMILES string of the molecule is O=c1c2ccccc2nc(-c2cc3ccccc3o2)n1N=Cc1cc(Cl)c(OCc2ccccc2Cl)c(Cl)c1. The second-order valence-corrected chi connectivity index (χ2v) is 9.88. The summed E-state index contributed by atoms with van der Waals surface area (Å²) in [6.45, 7) is 0.200. The van der Waals surface area contributed by atoms with E-state index in [1.807, 2.05) is 54.6 Å². The minimum Gasteiger partial charge on any atom is -0.486 e. The van der Waals surface area contributed by atoms with Gasteiger partial charge >= 0.3 is 0 Å². The number of ether oxygens (including phenoxy) is 1. The molecule has 4 aromatic carbocycles. The van der Waals surface area contributed by atoms with Crippen molar-refractivity contribution in [3.63, 3.8) is 0 Å².